The van der Waals surface area contributed by atoms with Crippen LogP contribution in [-0.4, -0.2) is 28.7 Å². The fourth-order valence-electron chi connectivity index (χ4n) is 3.05. The van der Waals surface area contributed by atoms with Crippen LogP contribution in [0.4, 0.5) is 0 Å². The van der Waals surface area contributed by atoms with Crippen molar-refractivity contribution >= 4 is 23.4 Å². The number of aryl methyl sites for hydroxylation is 1. The summed E-state index contributed by atoms with van der Waals surface area (Å²) in [6.07, 6.45) is 9.46. The number of hydrogen-bond acceptors (Lipinski definition) is 8. The summed E-state index contributed by atoms with van der Waals surface area (Å²) in [5.74, 6) is 2.85. The summed E-state index contributed by atoms with van der Waals surface area (Å²) >= 11 is 1.66. The lowest BCUT2D eigenvalue weighted by atomic mass is 10.2. The third kappa shape index (κ3) is 4.64. The molecule has 28 heavy (non-hydrogen) atoms. The summed E-state index contributed by atoms with van der Waals surface area (Å²) in [5.41, 5.74) is 1.13. The van der Waals surface area contributed by atoms with Gasteiger partial charge in [0.1, 0.15) is 11.6 Å². The van der Waals surface area contributed by atoms with Crippen LogP contribution in [0.15, 0.2) is 59.4 Å². The Morgan fingerprint density at radius 3 is 3.07 bits per heavy atom. The highest BCUT2D eigenvalue weighted by atomic mass is 32.1. The molecule has 7 nitrogen and oxygen atoms in total. The number of pyridine rings is 1. The molecule has 0 saturated heterocycles. The Hall–Kier alpha value is -3.00. The smallest absolute Gasteiger partial charge is 0.218 e. The molecule has 2 aromatic heterocycles. The first kappa shape index (κ1) is 18.4. The van der Waals surface area contributed by atoms with E-state index < -0.39 is 0 Å². The topological polar surface area (TPSA) is 95.3 Å². The zero-order chi connectivity index (χ0) is 19.3. The van der Waals surface area contributed by atoms with Crippen molar-refractivity contribution in [3.63, 3.8) is 0 Å². The third-order valence-electron chi connectivity index (χ3n) is 4.56. The van der Waals surface area contributed by atoms with E-state index >= 15 is 0 Å². The van der Waals surface area contributed by atoms with Gasteiger partial charge in [0.25, 0.3) is 0 Å². The molecule has 0 bridgehead atoms. The Balaban J connectivity index is 1.36. The Kier molecular flexibility index (Phi) is 5.48. The van der Waals surface area contributed by atoms with Gasteiger partial charge < -0.3 is 20.8 Å². The van der Waals surface area contributed by atoms with Crippen molar-refractivity contribution in [2.45, 2.75) is 25.8 Å². The maximum atomic E-state index is 7.31. The average molecular weight is 395 g/mol. The minimum absolute atomic E-state index is 0.465. The predicted octanol–water partition coefficient (Wildman–Crippen LogP) is 3.09. The minimum Gasteiger partial charge on any atom is -0.477 e. The summed E-state index contributed by atoms with van der Waals surface area (Å²) in [4.78, 5) is 14.3. The van der Waals surface area contributed by atoms with Gasteiger partial charge in [0.2, 0.25) is 5.90 Å². The van der Waals surface area contributed by atoms with Crippen LogP contribution in [0.2, 0.25) is 0 Å². The Morgan fingerprint density at radius 1 is 1.39 bits per heavy atom. The summed E-state index contributed by atoms with van der Waals surface area (Å²) in [5, 5.41) is 14.9. The van der Waals surface area contributed by atoms with Crippen LogP contribution in [0.25, 0.3) is 0 Å². The van der Waals surface area contributed by atoms with Gasteiger partial charge in [0.15, 0.2) is 0 Å². The highest BCUT2D eigenvalue weighted by Gasteiger charge is 2.40. The van der Waals surface area contributed by atoms with E-state index in [0.29, 0.717) is 36.7 Å². The average Bonchev–Trinajstić information content (AvgIpc) is 3.38. The van der Waals surface area contributed by atoms with Gasteiger partial charge in [0.05, 0.1) is 18.2 Å². The molecule has 0 unspecified atom stereocenters. The molecule has 8 heteroatoms. The van der Waals surface area contributed by atoms with Crippen molar-refractivity contribution in [2.75, 3.05) is 6.61 Å². The van der Waals surface area contributed by atoms with E-state index in [4.69, 9.17) is 10.1 Å². The SMILES string of the molecule is Cc1ncc(CNC2=CC(OC[C@H]3C[C@@H]3c3ccccn3)=N/C(=C/C=N)N2)s1. The van der Waals surface area contributed by atoms with E-state index in [2.05, 4.69) is 31.7 Å². The normalized spacial score (nSPS) is 22.1. The highest BCUT2D eigenvalue weighted by Crippen LogP contribution is 2.46. The minimum atomic E-state index is 0.465. The molecule has 0 amide bonds. The van der Waals surface area contributed by atoms with E-state index in [9.17, 15) is 0 Å². The molecule has 0 radical (unpaired) electrons. The molecular formula is C20H22N6OS. The standard InChI is InChI=1S/C20H22N6OS/c1-13-23-10-15(28-13)11-24-19-9-20(26-18(25-19)5-6-21)27-12-14-8-16(14)17-4-2-3-7-22-17/h2-7,9-10,14,16,21,24-25H,8,11-12H2,1H3/b18-5+,21-6?/t14-,16+/m1/s1. The summed E-state index contributed by atoms with van der Waals surface area (Å²) < 4.78 is 5.96. The molecule has 2 atom stereocenters. The third-order valence-corrected chi connectivity index (χ3v) is 5.47. The quantitative estimate of drug-likeness (QED) is 0.627. The van der Waals surface area contributed by atoms with Crippen LogP contribution in [0.3, 0.4) is 0 Å². The second-order valence-corrected chi connectivity index (χ2v) is 8.04. The Bertz CT molecular complexity index is 933. The number of nitrogens with zero attached hydrogens (tertiary/aromatic N) is 3. The van der Waals surface area contributed by atoms with E-state index in [0.717, 1.165) is 27.8 Å². The van der Waals surface area contributed by atoms with Crippen molar-refractivity contribution in [1.82, 2.24) is 20.6 Å². The van der Waals surface area contributed by atoms with Crippen LogP contribution in [0, 0.1) is 18.3 Å². The van der Waals surface area contributed by atoms with E-state index in [1.807, 2.05) is 37.5 Å². The van der Waals surface area contributed by atoms with Crippen molar-refractivity contribution < 1.29 is 4.74 Å². The van der Waals surface area contributed by atoms with Gasteiger partial charge in [-0.15, -0.1) is 11.3 Å². The van der Waals surface area contributed by atoms with Gasteiger partial charge in [-0.3, -0.25) is 4.98 Å². The highest BCUT2D eigenvalue weighted by molar-refractivity contribution is 7.11. The van der Waals surface area contributed by atoms with Gasteiger partial charge >= 0.3 is 0 Å². The molecule has 3 heterocycles. The molecule has 2 aromatic rings. The zero-order valence-corrected chi connectivity index (χ0v) is 16.4. The maximum absolute atomic E-state index is 7.31. The monoisotopic (exact) mass is 394 g/mol. The first-order chi connectivity index (χ1) is 13.7. The molecule has 1 saturated carbocycles. The predicted molar refractivity (Wildman–Crippen MR) is 110 cm³/mol. The number of thiazole rings is 1. The molecule has 1 aliphatic heterocycles. The molecule has 0 spiro atoms. The molecule has 2 aliphatic rings. The van der Waals surface area contributed by atoms with Gasteiger partial charge in [-0.1, -0.05) is 6.07 Å². The largest absolute Gasteiger partial charge is 0.477 e. The van der Waals surface area contributed by atoms with Crippen LogP contribution in [0.5, 0.6) is 0 Å². The van der Waals surface area contributed by atoms with Crippen LogP contribution in [0.1, 0.15) is 27.9 Å². The fraction of sp³-hybridized carbons (Fsp3) is 0.300. The Labute approximate surface area is 167 Å². The van der Waals surface area contributed by atoms with Gasteiger partial charge in [-0.05, 0) is 31.6 Å². The molecule has 4 rings (SSSR count). The number of hydrogen-bond donors (Lipinski definition) is 3. The van der Waals surface area contributed by atoms with Gasteiger partial charge in [-0.2, -0.15) is 4.99 Å². The van der Waals surface area contributed by atoms with E-state index in [1.165, 1.54) is 6.21 Å². The number of aromatic nitrogens is 2. The lowest BCUT2D eigenvalue weighted by Gasteiger charge is -2.19. The second kappa shape index (κ2) is 8.35. The van der Waals surface area contributed by atoms with Crippen molar-refractivity contribution in [2.24, 2.45) is 10.9 Å². The molecule has 0 aromatic carbocycles. The van der Waals surface area contributed by atoms with Crippen molar-refractivity contribution in [3.05, 3.63) is 70.0 Å². The number of ether oxygens (including phenoxy) is 1. The maximum Gasteiger partial charge on any atom is 0.218 e. The Morgan fingerprint density at radius 2 is 2.32 bits per heavy atom. The fourth-order valence-corrected chi connectivity index (χ4v) is 3.79. The van der Waals surface area contributed by atoms with Crippen LogP contribution < -0.4 is 10.6 Å². The molecule has 1 aliphatic carbocycles. The lowest BCUT2D eigenvalue weighted by molar-refractivity contribution is 0.284. The van der Waals surface area contributed by atoms with Crippen molar-refractivity contribution in [3.8, 4) is 0 Å². The van der Waals surface area contributed by atoms with Crippen LogP contribution >= 0.6 is 11.3 Å². The van der Waals surface area contributed by atoms with E-state index in [1.54, 1.807) is 17.4 Å². The summed E-state index contributed by atoms with van der Waals surface area (Å²) in [7, 11) is 0. The van der Waals surface area contributed by atoms with Crippen LogP contribution in [-0.2, 0) is 11.3 Å². The molecule has 144 valence electrons. The number of aliphatic imine (C=N–C) groups is 1. The lowest BCUT2D eigenvalue weighted by Crippen LogP contribution is -2.30. The number of rotatable bonds is 7. The first-order valence-corrected chi connectivity index (χ1v) is 10.00. The number of allylic oxidation sites excluding steroid dienone is 1. The number of nitrogens with one attached hydrogen (secondary N) is 3. The molecule has 1 fully saturated rings. The second-order valence-electron chi connectivity index (χ2n) is 6.72. The first-order valence-electron chi connectivity index (χ1n) is 9.18. The van der Waals surface area contributed by atoms with E-state index in [-0.39, 0.29) is 0 Å². The summed E-state index contributed by atoms with van der Waals surface area (Å²) in [6.45, 7) is 3.27. The van der Waals surface area contributed by atoms with Gasteiger partial charge in [-0.25, -0.2) is 4.98 Å². The van der Waals surface area contributed by atoms with Gasteiger partial charge in [0, 0.05) is 47.1 Å². The van der Waals surface area contributed by atoms with Crippen molar-refractivity contribution in [1.29, 1.82) is 5.41 Å². The molecular weight excluding hydrogens is 372 g/mol. The molecule has 3 N–H and O–H groups in total. The zero-order valence-electron chi connectivity index (χ0n) is 15.6. The summed E-state index contributed by atoms with van der Waals surface area (Å²) in [6, 6.07) is 6.03.